The molecule has 0 saturated carbocycles. The van der Waals surface area contributed by atoms with E-state index in [0.717, 1.165) is 0 Å². The van der Waals surface area contributed by atoms with Gasteiger partial charge in [-0.25, -0.2) is 0 Å². The van der Waals surface area contributed by atoms with Gasteiger partial charge in [-0.2, -0.15) is 0 Å². The van der Waals surface area contributed by atoms with Gasteiger partial charge >= 0.3 is 139 Å². The van der Waals surface area contributed by atoms with Crippen LogP contribution in [-0.2, 0) is 0 Å². The molecule has 0 spiro atoms. The number of aliphatic hydroxyl groups is 1. The Morgan fingerprint density at radius 1 is 0.762 bits per heavy atom. The van der Waals surface area contributed by atoms with Crippen molar-refractivity contribution in [1.82, 2.24) is 0 Å². The van der Waals surface area contributed by atoms with Crippen LogP contribution < -0.4 is 0 Å². The van der Waals surface area contributed by atoms with Crippen LogP contribution >= 0.6 is 0 Å². The molecule has 1 N–H and O–H groups in total. The maximum absolute atomic E-state index is 9.53. The molecule has 126 valence electrons. The first-order valence-corrected chi connectivity index (χ1v) is 17.0. The molecule has 0 saturated heterocycles. The van der Waals surface area contributed by atoms with Gasteiger partial charge in [0.2, 0.25) is 0 Å². The van der Waals surface area contributed by atoms with Gasteiger partial charge in [0.15, 0.2) is 0 Å². The van der Waals surface area contributed by atoms with Crippen LogP contribution in [0.4, 0.5) is 0 Å². The Morgan fingerprint density at radius 2 is 1.19 bits per heavy atom. The Morgan fingerprint density at radius 3 is 1.52 bits per heavy atom. The van der Waals surface area contributed by atoms with Crippen molar-refractivity contribution < 1.29 is 5.11 Å². The molecule has 0 aromatic rings. The van der Waals surface area contributed by atoms with Crippen molar-refractivity contribution in [1.29, 1.82) is 0 Å². The summed E-state index contributed by atoms with van der Waals surface area (Å²) in [5.41, 5.74) is 0. The average Bonchev–Trinajstić information content (AvgIpc) is 2.51. The van der Waals surface area contributed by atoms with E-state index in [2.05, 4.69) is 33.8 Å². The Hall–Kier alpha value is 0.499. The molecule has 0 aliphatic heterocycles. The number of hydrogen-bond donors (Lipinski definition) is 1. The van der Waals surface area contributed by atoms with Crippen molar-refractivity contribution in [3.63, 3.8) is 0 Å². The molecule has 0 rings (SSSR count). The fourth-order valence-corrected chi connectivity index (χ4v) is 20.7. The van der Waals surface area contributed by atoms with Gasteiger partial charge in [-0.05, 0) is 0 Å². The zero-order chi connectivity index (χ0) is 16.0. The summed E-state index contributed by atoms with van der Waals surface area (Å²) in [5, 5.41) is 9.53. The fourth-order valence-electron chi connectivity index (χ4n) is 3.46. The Balaban J connectivity index is 5.24. The maximum atomic E-state index is 9.53. The van der Waals surface area contributed by atoms with E-state index in [9.17, 15) is 5.11 Å². The van der Waals surface area contributed by atoms with Gasteiger partial charge in [-0.15, -0.1) is 0 Å². The van der Waals surface area contributed by atoms with E-state index in [1.165, 1.54) is 71.1 Å². The number of rotatable bonds is 14. The molecule has 0 radical (unpaired) electrons. The first kappa shape index (κ1) is 21.5. The van der Waals surface area contributed by atoms with Crippen molar-refractivity contribution >= 4 is 18.4 Å². The molecule has 0 fully saturated rings. The predicted molar refractivity (Wildman–Crippen MR) is 99.6 cm³/mol. The summed E-state index contributed by atoms with van der Waals surface area (Å²) in [6, 6.07) is 0. The summed E-state index contributed by atoms with van der Waals surface area (Å²) < 4.78 is 6.37. The Labute approximate surface area is 138 Å². The minimum atomic E-state index is -2.23. The van der Waals surface area contributed by atoms with Gasteiger partial charge in [-0.3, -0.25) is 0 Å². The average molecular weight is 403 g/mol. The molecule has 0 aromatic carbocycles. The van der Waals surface area contributed by atoms with Crippen LogP contribution in [0.1, 0.15) is 85.5 Å². The van der Waals surface area contributed by atoms with E-state index in [1.54, 1.807) is 3.59 Å². The van der Waals surface area contributed by atoms with Crippen LogP contribution in [0, 0.1) is 0 Å². The summed E-state index contributed by atoms with van der Waals surface area (Å²) in [5.74, 6) is 0. The van der Waals surface area contributed by atoms with Crippen LogP contribution in [0.2, 0.25) is 13.3 Å². The summed E-state index contributed by atoms with van der Waals surface area (Å²) >= 11 is -2.23. The normalized spacial score (nSPS) is 12.9. The van der Waals surface area contributed by atoms with Gasteiger partial charge in [0.25, 0.3) is 0 Å². The molecule has 0 aliphatic rings. The zero-order valence-electron chi connectivity index (χ0n) is 15.2. The van der Waals surface area contributed by atoms with Crippen molar-refractivity contribution in [2.24, 2.45) is 0 Å². The zero-order valence-corrected chi connectivity index (χ0v) is 18.1. The van der Waals surface area contributed by atoms with E-state index in [4.69, 9.17) is 0 Å². The van der Waals surface area contributed by atoms with Gasteiger partial charge in [0.05, 0.1) is 0 Å². The van der Waals surface area contributed by atoms with Crippen molar-refractivity contribution in [3.05, 3.63) is 9.67 Å². The number of allylic oxidation sites excluding steroid dienone is 1. The van der Waals surface area contributed by atoms with Crippen LogP contribution in [-0.4, -0.2) is 30.1 Å². The van der Waals surface area contributed by atoms with Crippen molar-refractivity contribution in [2.45, 2.75) is 98.8 Å². The SMILES string of the molecule is CCCC/[C](=C\CO)[Sn]([CH2]CCC)([CH2]CCC)[CH2]CCC. The van der Waals surface area contributed by atoms with Crippen molar-refractivity contribution in [2.75, 3.05) is 6.61 Å². The Kier molecular flexibility index (Phi) is 14.4. The van der Waals surface area contributed by atoms with Crippen LogP contribution in [0.15, 0.2) is 9.67 Å². The monoisotopic (exact) mass is 404 g/mol. The summed E-state index contributed by atoms with van der Waals surface area (Å²) in [4.78, 5) is 0. The van der Waals surface area contributed by atoms with Gasteiger partial charge in [-0.1, -0.05) is 0 Å². The second-order valence-corrected chi connectivity index (χ2v) is 20.0. The first-order chi connectivity index (χ1) is 10.2. The van der Waals surface area contributed by atoms with Crippen molar-refractivity contribution in [3.8, 4) is 0 Å². The third-order valence-corrected chi connectivity index (χ3v) is 21.3. The molecule has 21 heavy (non-hydrogen) atoms. The standard InChI is InChI=1S/C7H13O.3C4H9.Sn/c1-2-3-4-5-6-7-8;3*1-3-4-2;/h6,8H,2-4,7H2,1H3;3*1,3-4H2,2H3;. The minimum absolute atomic E-state index is 0.266. The topological polar surface area (TPSA) is 20.2 Å². The molecule has 0 atom stereocenters. The molecular formula is C19H40OSn. The molecule has 2 heteroatoms. The Bertz CT molecular complexity index is 239. The molecule has 0 heterocycles. The number of hydrogen-bond acceptors (Lipinski definition) is 1. The van der Waals surface area contributed by atoms with Gasteiger partial charge in [0, 0.05) is 0 Å². The quantitative estimate of drug-likeness (QED) is 0.329. The molecule has 0 bridgehead atoms. The third-order valence-electron chi connectivity index (χ3n) is 4.85. The van der Waals surface area contributed by atoms with Crippen LogP contribution in [0.3, 0.4) is 0 Å². The van der Waals surface area contributed by atoms with E-state index in [0.29, 0.717) is 0 Å². The van der Waals surface area contributed by atoms with E-state index >= 15 is 0 Å². The van der Waals surface area contributed by atoms with Gasteiger partial charge < -0.3 is 0 Å². The predicted octanol–water partition coefficient (Wildman–Crippen LogP) is 6.48. The summed E-state index contributed by atoms with van der Waals surface area (Å²) in [6.45, 7) is 9.55. The molecule has 0 amide bonds. The van der Waals surface area contributed by atoms with Crippen LogP contribution in [0.25, 0.3) is 0 Å². The van der Waals surface area contributed by atoms with Gasteiger partial charge in [0.1, 0.15) is 0 Å². The fraction of sp³-hybridized carbons (Fsp3) is 0.895. The molecular weight excluding hydrogens is 363 g/mol. The molecule has 0 unspecified atom stereocenters. The van der Waals surface area contributed by atoms with Crippen LogP contribution in [0.5, 0.6) is 0 Å². The number of aliphatic hydroxyl groups excluding tert-OH is 1. The molecule has 1 nitrogen and oxygen atoms in total. The molecule has 0 aliphatic carbocycles. The third kappa shape index (κ3) is 8.64. The second kappa shape index (κ2) is 14.1. The summed E-state index contributed by atoms with van der Waals surface area (Å²) in [6.07, 6.45) is 14.4. The summed E-state index contributed by atoms with van der Waals surface area (Å²) in [7, 11) is 0. The van der Waals surface area contributed by atoms with E-state index in [1.807, 2.05) is 0 Å². The molecule has 0 aromatic heterocycles. The second-order valence-electron chi connectivity index (χ2n) is 6.61. The number of unbranched alkanes of at least 4 members (excludes halogenated alkanes) is 4. The van der Waals surface area contributed by atoms with E-state index in [-0.39, 0.29) is 6.61 Å². The first-order valence-electron chi connectivity index (χ1n) is 9.51. The van der Waals surface area contributed by atoms with E-state index < -0.39 is 18.4 Å².